The molecule has 0 aliphatic heterocycles. The number of nitrogens with one attached hydrogen (secondary N) is 2. The summed E-state index contributed by atoms with van der Waals surface area (Å²) in [6, 6.07) is 8.43. The first kappa shape index (κ1) is 9.86. The van der Waals surface area contributed by atoms with Crippen LogP contribution in [0, 0.1) is 6.92 Å². The molecular formula is C11H14N4. The van der Waals surface area contributed by atoms with Crippen LogP contribution in [0.2, 0.25) is 0 Å². The lowest BCUT2D eigenvalue weighted by atomic mass is 10.0. The van der Waals surface area contributed by atoms with Crippen molar-refractivity contribution in [3.8, 4) is 0 Å². The Labute approximate surface area is 88.8 Å². The Bertz CT molecular complexity index is 422. The molecule has 4 nitrogen and oxygen atoms in total. The number of aromatic amines is 1. The number of hydrogen-bond acceptors (Lipinski definition) is 3. The number of aryl methyl sites for hydroxylation is 1. The van der Waals surface area contributed by atoms with Crippen molar-refractivity contribution in [2.24, 2.45) is 0 Å². The Morgan fingerprint density at radius 3 is 2.87 bits per heavy atom. The van der Waals surface area contributed by atoms with Gasteiger partial charge in [-0.2, -0.15) is 5.10 Å². The van der Waals surface area contributed by atoms with Gasteiger partial charge in [0.05, 0.1) is 6.04 Å². The molecule has 0 amide bonds. The fraction of sp³-hybridized carbons (Fsp3) is 0.273. The van der Waals surface area contributed by atoms with Crippen LogP contribution >= 0.6 is 0 Å². The van der Waals surface area contributed by atoms with Crippen molar-refractivity contribution in [3.63, 3.8) is 0 Å². The summed E-state index contributed by atoms with van der Waals surface area (Å²) in [5.74, 6) is 0.836. The van der Waals surface area contributed by atoms with Gasteiger partial charge in [-0.05, 0) is 19.5 Å². The molecule has 0 bridgehead atoms. The summed E-state index contributed by atoms with van der Waals surface area (Å²) in [5, 5.41) is 9.96. The van der Waals surface area contributed by atoms with Crippen molar-refractivity contribution in [1.82, 2.24) is 20.5 Å². The third-order valence-corrected chi connectivity index (χ3v) is 2.37. The van der Waals surface area contributed by atoms with Gasteiger partial charge in [0.1, 0.15) is 12.2 Å². The van der Waals surface area contributed by atoms with Crippen molar-refractivity contribution in [2.75, 3.05) is 7.05 Å². The minimum absolute atomic E-state index is 0.0763. The smallest absolute Gasteiger partial charge is 0.145 e. The Morgan fingerprint density at radius 1 is 1.40 bits per heavy atom. The molecule has 1 aromatic carbocycles. The summed E-state index contributed by atoms with van der Waals surface area (Å²) in [5.41, 5.74) is 2.43. The van der Waals surface area contributed by atoms with E-state index in [2.05, 4.69) is 45.6 Å². The van der Waals surface area contributed by atoms with Crippen LogP contribution in [0.1, 0.15) is 23.0 Å². The van der Waals surface area contributed by atoms with E-state index in [1.807, 2.05) is 13.1 Å². The summed E-state index contributed by atoms with van der Waals surface area (Å²) < 4.78 is 0. The van der Waals surface area contributed by atoms with Crippen LogP contribution in [-0.2, 0) is 0 Å². The standard InChI is InChI=1S/C11H14N4/c1-8-4-3-5-9(6-8)10(12-2)11-13-7-14-15-11/h3-7,10,12H,1-2H3,(H,13,14,15). The molecule has 0 saturated heterocycles. The number of aromatic nitrogens is 3. The molecule has 0 radical (unpaired) electrons. The molecule has 0 fully saturated rings. The predicted octanol–water partition coefficient (Wildman–Crippen LogP) is 1.42. The number of hydrogen-bond donors (Lipinski definition) is 2. The second-order valence-corrected chi connectivity index (χ2v) is 3.51. The maximum atomic E-state index is 4.16. The molecular weight excluding hydrogens is 188 g/mol. The van der Waals surface area contributed by atoms with Crippen LogP contribution in [0.15, 0.2) is 30.6 Å². The molecule has 2 aromatic rings. The molecule has 4 heteroatoms. The van der Waals surface area contributed by atoms with Crippen molar-refractivity contribution >= 4 is 0 Å². The number of rotatable bonds is 3. The molecule has 78 valence electrons. The number of H-pyrrole nitrogens is 1. The Kier molecular flexibility index (Phi) is 2.78. The van der Waals surface area contributed by atoms with Gasteiger partial charge < -0.3 is 5.32 Å². The van der Waals surface area contributed by atoms with Crippen LogP contribution in [0.3, 0.4) is 0 Å². The Balaban J connectivity index is 2.35. The van der Waals surface area contributed by atoms with Crippen LogP contribution in [0.4, 0.5) is 0 Å². The van der Waals surface area contributed by atoms with Gasteiger partial charge in [-0.25, -0.2) is 4.98 Å². The van der Waals surface area contributed by atoms with Crippen molar-refractivity contribution in [2.45, 2.75) is 13.0 Å². The molecule has 2 N–H and O–H groups in total. The van der Waals surface area contributed by atoms with Crippen molar-refractivity contribution < 1.29 is 0 Å². The SMILES string of the molecule is CNC(c1cccc(C)c1)c1ncn[nH]1. The summed E-state index contributed by atoms with van der Waals surface area (Å²) in [7, 11) is 1.91. The van der Waals surface area contributed by atoms with E-state index in [4.69, 9.17) is 0 Å². The van der Waals surface area contributed by atoms with Gasteiger partial charge in [0.15, 0.2) is 0 Å². The quantitative estimate of drug-likeness (QED) is 0.791. The highest BCUT2D eigenvalue weighted by Gasteiger charge is 2.14. The van der Waals surface area contributed by atoms with Crippen molar-refractivity contribution in [1.29, 1.82) is 0 Å². The topological polar surface area (TPSA) is 53.6 Å². The molecule has 0 aliphatic rings. The number of nitrogens with zero attached hydrogens (tertiary/aromatic N) is 2. The lowest BCUT2D eigenvalue weighted by Crippen LogP contribution is -2.19. The molecule has 1 unspecified atom stereocenters. The zero-order chi connectivity index (χ0) is 10.7. The van der Waals surface area contributed by atoms with Gasteiger partial charge >= 0.3 is 0 Å². The average molecular weight is 202 g/mol. The third-order valence-electron chi connectivity index (χ3n) is 2.37. The van der Waals surface area contributed by atoms with E-state index in [1.54, 1.807) is 0 Å². The van der Waals surface area contributed by atoms with Crippen molar-refractivity contribution in [3.05, 3.63) is 47.5 Å². The number of benzene rings is 1. The normalized spacial score (nSPS) is 12.7. The molecule has 1 aromatic heterocycles. The molecule has 1 heterocycles. The van der Waals surface area contributed by atoms with E-state index in [9.17, 15) is 0 Å². The van der Waals surface area contributed by atoms with Crippen LogP contribution in [-0.4, -0.2) is 22.2 Å². The molecule has 15 heavy (non-hydrogen) atoms. The fourth-order valence-electron chi connectivity index (χ4n) is 1.66. The van der Waals surface area contributed by atoms with Gasteiger partial charge in [0.2, 0.25) is 0 Å². The summed E-state index contributed by atoms with van der Waals surface area (Å²) >= 11 is 0. The Morgan fingerprint density at radius 2 is 2.27 bits per heavy atom. The zero-order valence-corrected chi connectivity index (χ0v) is 8.86. The minimum atomic E-state index is 0.0763. The highest BCUT2D eigenvalue weighted by atomic mass is 15.2. The lowest BCUT2D eigenvalue weighted by molar-refractivity contribution is 0.649. The molecule has 2 rings (SSSR count). The van der Waals surface area contributed by atoms with Crippen LogP contribution in [0.5, 0.6) is 0 Å². The monoisotopic (exact) mass is 202 g/mol. The third kappa shape index (κ3) is 2.05. The first-order valence-electron chi connectivity index (χ1n) is 4.90. The van der Waals surface area contributed by atoms with Gasteiger partial charge in [0, 0.05) is 0 Å². The maximum Gasteiger partial charge on any atom is 0.145 e. The van der Waals surface area contributed by atoms with Crippen LogP contribution < -0.4 is 5.32 Å². The first-order valence-corrected chi connectivity index (χ1v) is 4.90. The lowest BCUT2D eigenvalue weighted by Gasteiger charge is -2.13. The summed E-state index contributed by atoms with van der Waals surface area (Å²) in [6.45, 7) is 2.08. The van der Waals surface area contributed by atoms with Gasteiger partial charge in [-0.1, -0.05) is 29.8 Å². The van der Waals surface area contributed by atoms with E-state index in [-0.39, 0.29) is 6.04 Å². The highest BCUT2D eigenvalue weighted by molar-refractivity contribution is 5.28. The molecule has 0 spiro atoms. The molecule has 0 saturated carbocycles. The largest absolute Gasteiger partial charge is 0.307 e. The van der Waals surface area contributed by atoms with Gasteiger partial charge in [-0.15, -0.1) is 0 Å². The second kappa shape index (κ2) is 4.23. The average Bonchev–Trinajstić information content (AvgIpc) is 2.72. The Hall–Kier alpha value is -1.68. The van der Waals surface area contributed by atoms with Gasteiger partial charge in [-0.3, -0.25) is 5.10 Å². The maximum absolute atomic E-state index is 4.16. The van der Waals surface area contributed by atoms with Crippen LogP contribution in [0.25, 0.3) is 0 Å². The van der Waals surface area contributed by atoms with E-state index in [0.717, 1.165) is 5.82 Å². The van der Waals surface area contributed by atoms with E-state index < -0.39 is 0 Å². The zero-order valence-electron chi connectivity index (χ0n) is 8.86. The highest BCUT2D eigenvalue weighted by Crippen LogP contribution is 2.18. The molecule has 1 atom stereocenters. The summed E-state index contributed by atoms with van der Waals surface area (Å²) in [6.07, 6.45) is 1.52. The van der Waals surface area contributed by atoms with Gasteiger partial charge in [0.25, 0.3) is 0 Å². The first-order chi connectivity index (χ1) is 7.31. The summed E-state index contributed by atoms with van der Waals surface area (Å²) in [4.78, 5) is 4.16. The van der Waals surface area contributed by atoms with E-state index in [0.29, 0.717) is 0 Å². The van der Waals surface area contributed by atoms with E-state index >= 15 is 0 Å². The second-order valence-electron chi connectivity index (χ2n) is 3.51. The van der Waals surface area contributed by atoms with E-state index in [1.165, 1.54) is 17.5 Å². The minimum Gasteiger partial charge on any atom is -0.307 e. The molecule has 0 aliphatic carbocycles. The fourth-order valence-corrected chi connectivity index (χ4v) is 1.66. The predicted molar refractivity (Wildman–Crippen MR) is 58.5 cm³/mol.